The van der Waals surface area contributed by atoms with Crippen molar-refractivity contribution < 1.29 is 9.52 Å². The minimum atomic E-state index is -0.657. The van der Waals surface area contributed by atoms with E-state index in [1.54, 1.807) is 12.5 Å². The zero-order valence-electron chi connectivity index (χ0n) is 8.77. The van der Waals surface area contributed by atoms with Gasteiger partial charge in [0, 0.05) is 23.0 Å². The van der Waals surface area contributed by atoms with Gasteiger partial charge in [-0.2, -0.15) is 0 Å². The molecule has 15 heavy (non-hydrogen) atoms. The van der Waals surface area contributed by atoms with Crippen LogP contribution in [0.25, 0.3) is 0 Å². The summed E-state index contributed by atoms with van der Waals surface area (Å²) in [6.07, 6.45) is 2.60. The van der Waals surface area contributed by atoms with Crippen molar-refractivity contribution in [2.45, 2.75) is 20.0 Å². The second-order valence-corrected chi connectivity index (χ2v) is 3.63. The van der Waals surface area contributed by atoms with E-state index in [4.69, 9.17) is 4.42 Å². The number of aryl methyl sites for hydroxylation is 2. The first kappa shape index (κ1) is 9.93. The van der Waals surface area contributed by atoms with Crippen molar-refractivity contribution in [3.63, 3.8) is 0 Å². The Balaban J connectivity index is 2.28. The van der Waals surface area contributed by atoms with Crippen molar-refractivity contribution in [3.05, 3.63) is 53.2 Å². The number of furan rings is 1. The van der Waals surface area contributed by atoms with E-state index in [1.165, 1.54) is 0 Å². The molecule has 0 radical (unpaired) electrons. The molecule has 2 aromatic rings. The minimum absolute atomic E-state index is 0.657. The number of pyridine rings is 1. The normalized spacial score (nSPS) is 12.7. The quantitative estimate of drug-likeness (QED) is 0.815. The number of hydrogen-bond donors (Lipinski definition) is 1. The van der Waals surface area contributed by atoms with Gasteiger partial charge in [-0.15, -0.1) is 0 Å². The SMILES string of the molecule is Cc1ccc(C(O)c2coc(C)c2)cn1. The van der Waals surface area contributed by atoms with Gasteiger partial charge in [0.05, 0.1) is 6.26 Å². The molecule has 1 unspecified atom stereocenters. The number of hydrogen-bond acceptors (Lipinski definition) is 3. The topological polar surface area (TPSA) is 46.3 Å². The first-order valence-electron chi connectivity index (χ1n) is 4.82. The van der Waals surface area contributed by atoms with E-state index in [-0.39, 0.29) is 0 Å². The maximum atomic E-state index is 10.00. The van der Waals surface area contributed by atoms with Crippen molar-refractivity contribution in [2.24, 2.45) is 0 Å². The highest BCUT2D eigenvalue weighted by molar-refractivity contribution is 5.27. The molecule has 78 valence electrons. The van der Waals surface area contributed by atoms with Crippen LogP contribution in [0.1, 0.15) is 28.7 Å². The second kappa shape index (κ2) is 3.87. The molecule has 3 nitrogen and oxygen atoms in total. The molecule has 0 saturated carbocycles. The monoisotopic (exact) mass is 203 g/mol. The van der Waals surface area contributed by atoms with E-state index in [9.17, 15) is 5.11 Å². The molecule has 0 spiro atoms. The fraction of sp³-hybridized carbons (Fsp3) is 0.250. The molecule has 2 heterocycles. The fourth-order valence-corrected chi connectivity index (χ4v) is 1.44. The van der Waals surface area contributed by atoms with Crippen molar-refractivity contribution in [3.8, 4) is 0 Å². The first-order chi connectivity index (χ1) is 7.16. The van der Waals surface area contributed by atoms with Crippen LogP contribution < -0.4 is 0 Å². The number of aliphatic hydroxyl groups excluding tert-OH is 1. The van der Waals surface area contributed by atoms with Crippen LogP contribution in [-0.4, -0.2) is 10.1 Å². The lowest BCUT2D eigenvalue weighted by atomic mass is 10.1. The molecule has 2 rings (SSSR count). The lowest BCUT2D eigenvalue weighted by Gasteiger charge is -2.07. The van der Waals surface area contributed by atoms with Crippen LogP contribution in [0, 0.1) is 13.8 Å². The van der Waals surface area contributed by atoms with Crippen molar-refractivity contribution in [2.75, 3.05) is 0 Å². The Hall–Kier alpha value is -1.61. The van der Waals surface area contributed by atoms with Crippen LogP contribution in [0.2, 0.25) is 0 Å². The summed E-state index contributed by atoms with van der Waals surface area (Å²) in [4.78, 5) is 4.14. The first-order valence-corrected chi connectivity index (χ1v) is 4.82. The van der Waals surface area contributed by atoms with Gasteiger partial charge in [-0.25, -0.2) is 0 Å². The number of rotatable bonds is 2. The third-order valence-corrected chi connectivity index (χ3v) is 2.32. The number of aliphatic hydroxyl groups is 1. The number of nitrogens with zero attached hydrogens (tertiary/aromatic N) is 1. The van der Waals surface area contributed by atoms with E-state index in [0.29, 0.717) is 0 Å². The Bertz CT molecular complexity index is 445. The highest BCUT2D eigenvalue weighted by Gasteiger charge is 2.12. The maximum absolute atomic E-state index is 10.00. The van der Waals surface area contributed by atoms with Gasteiger partial charge in [0.15, 0.2) is 0 Å². The van der Waals surface area contributed by atoms with Crippen LogP contribution in [-0.2, 0) is 0 Å². The fourth-order valence-electron chi connectivity index (χ4n) is 1.44. The van der Waals surface area contributed by atoms with Crippen molar-refractivity contribution >= 4 is 0 Å². The Kier molecular flexibility index (Phi) is 2.56. The zero-order chi connectivity index (χ0) is 10.8. The van der Waals surface area contributed by atoms with Gasteiger partial charge in [-0.3, -0.25) is 4.98 Å². The number of aromatic nitrogens is 1. The summed E-state index contributed by atoms with van der Waals surface area (Å²) < 4.78 is 5.15. The molecule has 0 aliphatic heterocycles. The Labute approximate surface area is 88.4 Å². The highest BCUT2D eigenvalue weighted by Crippen LogP contribution is 2.22. The smallest absolute Gasteiger partial charge is 0.109 e. The molecule has 2 aromatic heterocycles. The highest BCUT2D eigenvalue weighted by atomic mass is 16.3. The predicted molar refractivity (Wildman–Crippen MR) is 56.5 cm³/mol. The lowest BCUT2D eigenvalue weighted by Crippen LogP contribution is -1.98. The molecule has 3 heteroatoms. The third-order valence-electron chi connectivity index (χ3n) is 2.32. The summed E-state index contributed by atoms with van der Waals surface area (Å²) in [5.74, 6) is 0.795. The van der Waals surface area contributed by atoms with Gasteiger partial charge >= 0.3 is 0 Å². The van der Waals surface area contributed by atoms with Crippen molar-refractivity contribution in [1.82, 2.24) is 4.98 Å². The molecule has 0 aliphatic carbocycles. The van der Waals surface area contributed by atoms with Gasteiger partial charge in [0.25, 0.3) is 0 Å². The average molecular weight is 203 g/mol. The maximum Gasteiger partial charge on any atom is 0.109 e. The Morgan fingerprint density at radius 3 is 2.60 bits per heavy atom. The van der Waals surface area contributed by atoms with Crippen LogP contribution >= 0.6 is 0 Å². The second-order valence-electron chi connectivity index (χ2n) is 3.63. The molecule has 0 aromatic carbocycles. The van der Waals surface area contributed by atoms with E-state index < -0.39 is 6.10 Å². The third kappa shape index (κ3) is 2.07. The predicted octanol–water partition coefficient (Wildman–Crippen LogP) is 2.37. The summed E-state index contributed by atoms with van der Waals surface area (Å²) in [6, 6.07) is 5.57. The molecule has 0 fully saturated rings. The molecular formula is C12H13NO2. The van der Waals surface area contributed by atoms with Gasteiger partial charge in [0.2, 0.25) is 0 Å². The summed E-state index contributed by atoms with van der Waals surface area (Å²) in [5.41, 5.74) is 2.48. The standard InChI is InChI=1S/C12H13NO2/c1-8-3-4-10(6-13-8)12(14)11-5-9(2)15-7-11/h3-7,12,14H,1-2H3. The molecule has 0 aliphatic rings. The van der Waals surface area contributed by atoms with Gasteiger partial charge in [0.1, 0.15) is 11.9 Å². The van der Waals surface area contributed by atoms with Crippen molar-refractivity contribution in [1.29, 1.82) is 0 Å². The lowest BCUT2D eigenvalue weighted by molar-refractivity contribution is 0.219. The zero-order valence-corrected chi connectivity index (χ0v) is 8.77. The van der Waals surface area contributed by atoms with Crippen LogP contribution in [0.15, 0.2) is 35.1 Å². The summed E-state index contributed by atoms with van der Waals surface area (Å²) in [6.45, 7) is 3.77. The van der Waals surface area contributed by atoms with Crippen LogP contribution in [0.4, 0.5) is 0 Å². The Morgan fingerprint density at radius 2 is 2.07 bits per heavy atom. The van der Waals surface area contributed by atoms with E-state index in [2.05, 4.69) is 4.98 Å². The molecule has 1 N–H and O–H groups in total. The van der Waals surface area contributed by atoms with E-state index in [1.807, 2.05) is 32.0 Å². The molecule has 0 amide bonds. The molecular weight excluding hydrogens is 190 g/mol. The minimum Gasteiger partial charge on any atom is -0.469 e. The molecule has 0 bridgehead atoms. The molecule has 0 saturated heterocycles. The average Bonchev–Trinajstić information content (AvgIpc) is 2.65. The Morgan fingerprint density at radius 1 is 1.27 bits per heavy atom. The van der Waals surface area contributed by atoms with Gasteiger partial charge < -0.3 is 9.52 Å². The van der Waals surface area contributed by atoms with Gasteiger partial charge in [-0.1, -0.05) is 6.07 Å². The summed E-state index contributed by atoms with van der Waals surface area (Å²) in [7, 11) is 0. The largest absolute Gasteiger partial charge is 0.469 e. The van der Waals surface area contributed by atoms with Crippen LogP contribution in [0.3, 0.4) is 0 Å². The van der Waals surface area contributed by atoms with Gasteiger partial charge in [-0.05, 0) is 26.0 Å². The summed E-state index contributed by atoms with van der Waals surface area (Å²) >= 11 is 0. The van der Waals surface area contributed by atoms with E-state index in [0.717, 1.165) is 22.6 Å². The van der Waals surface area contributed by atoms with E-state index >= 15 is 0 Å². The van der Waals surface area contributed by atoms with Crippen LogP contribution in [0.5, 0.6) is 0 Å². The molecule has 1 atom stereocenters. The summed E-state index contributed by atoms with van der Waals surface area (Å²) in [5, 5.41) is 10.00.